The van der Waals surface area contributed by atoms with Gasteiger partial charge in [0.05, 0.1) is 5.69 Å². The third kappa shape index (κ3) is 2.57. The minimum Gasteiger partial charge on any atom is -0.323 e. The van der Waals surface area contributed by atoms with E-state index >= 15 is 0 Å². The largest absolute Gasteiger partial charge is 0.323 e. The molecule has 2 atom stereocenters. The maximum absolute atomic E-state index is 12.8. The Labute approximate surface area is 165 Å². The monoisotopic (exact) mass is 396 g/mol. The molecule has 3 amide bonds. The van der Waals surface area contributed by atoms with E-state index in [0.29, 0.717) is 30.1 Å². The number of amides is 3. The summed E-state index contributed by atoms with van der Waals surface area (Å²) in [6.45, 7) is 0.395. The minimum absolute atomic E-state index is 0.0272. The zero-order valence-corrected chi connectivity index (χ0v) is 15.6. The van der Waals surface area contributed by atoms with Gasteiger partial charge >= 0.3 is 0 Å². The number of carbonyl (C=O) groups excluding carboxylic acids is 3. The van der Waals surface area contributed by atoms with E-state index in [1.807, 2.05) is 40.9 Å². The number of allylic oxidation sites excluding steroid dienone is 1. The minimum atomic E-state index is -0.596. The molecule has 8 heteroatoms. The number of imide groups is 1. The molecular weight excluding hydrogens is 380 g/mol. The number of carbonyl (C=O) groups is 3. The Hall–Kier alpha value is -2.93. The van der Waals surface area contributed by atoms with Crippen LogP contribution in [0.1, 0.15) is 30.9 Å². The molecule has 1 fully saturated rings. The predicted octanol–water partition coefficient (Wildman–Crippen LogP) is 1.98. The Morgan fingerprint density at radius 2 is 2.07 bits per heavy atom. The van der Waals surface area contributed by atoms with E-state index in [4.69, 9.17) is 11.6 Å². The number of nitrogens with one attached hydrogen (secondary N) is 1. The summed E-state index contributed by atoms with van der Waals surface area (Å²) in [5.41, 5.74) is 3.18. The summed E-state index contributed by atoms with van der Waals surface area (Å²) in [5, 5.41) is 2.90. The van der Waals surface area contributed by atoms with E-state index in [-0.39, 0.29) is 24.2 Å². The second kappa shape index (κ2) is 6.31. The predicted molar refractivity (Wildman–Crippen MR) is 102 cm³/mol. The lowest BCUT2D eigenvalue weighted by Crippen LogP contribution is -2.53. The fourth-order valence-corrected chi connectivity index (χ4v) is 4.54. The Morgan fingerprint density at radius 1 is 1.21 bits per heavy atom. The molecule has 0 radical (unpaired) electrons. The van der Waals surface area contributed by atoms with Gasteiger partial charge in [0.15, 0.2) is 0 Å². The van der Waals surface area contributed by atoms with Crippen molar-refractivity contribution in [3.63, 3.8) is 0 Å². The van der Waals surface area contributed by atoms with Gasteiger partial charge in [0, 0.05) is 30.7 Å². The van der Waals surface area contributed by atoms with Crippen LogP contribution in [-0.4, -0.2) is 44.6 Å². The Bertz CT molecular complexity index is 1100. The number of aromatic nitrogens is 2. The Morgan fingerprint density at radius 3 is 2.86 bits per heavy atom. The van der Waals surface area contributed by atoms with Crippen LogP contribution in [0.4, 0.5) is 0 Å². The lowest BCUT2D eigenvalue weighted by Gasteiger charge is -2.29. The van der Waals surface area contributed by atoms with Crippen molar-refractivity contribution < 1.29 is 14.4 Å². The molecule has 7 nitrogen and oxygen atoms in total. The van der Waals surface area contributed by atoms with E-state index < -0.39 is 11.9 Å². The maximum Gasteiger partial charge on any atom is 0.254 e. The number of halogens is 1. The second-order valence-corrected chi connectivity index (χ2v) is 7.66. The highest BCUT2D eigenvalue weighted by Crippen LogP contribution is 2.39. The highest BCUT2D eigenvalue weighted by molar-refractivity contribution is 6.30. The van der Waals surface area contributed by atoms with Gasteiger partial charge in [0.2, 0.25) is 11.8 Å². The number of piperidine rings is 1. The van der Waals surface area contributed by atoms with Crippen LogP contribution in [0.25, 0.3) is 5.65 Å². The molecule has 2 aromatic rings. The molecule has 2 aromatic heterocycles. The smallest absolute Gasteiger partial charge is 0.254 e. The summed E-state index contributed by atoms with van der Waals surface area (Å²) in [6.07, 6.45) is 6.89. The SMILES string of the molecule is O=C1CCC(N2CC3=C(C=CC(c4nc5ccccn5c4Cl)C3)C2=O)C(=O)N1. The molecule has 142 valence electrons. The van der Waals surface area contributed by atoms with Crippen molar-refractivity contribution in [2.45, 2.75) is 31.2 Å². The van der Waals surface area contributed by atoms with Crippen LogP contribution in [-0.2, 0) is 14.4 Å². The van der Waals surface area contributed by atoms with Gasteiger partial charge in [-0.25, -0.2) is 4.98 Å². The highest BCUT2D eigenvalue weighted by Gasteiger charge is 2.41. The van der Waals surface area contributed by atoms with E-state index in [1.54, 1.807) is 4.90 Å². The van der Waals surface area contributed by atoms with Crippen molar-refractivity contribution in [2.24, 2.45) is 0 Å². The number of nitrogens with zero attached hydrogens (tertiary/aromatic N) is 3. The van der Waals surface area contributed by atoms with E-state index in [2.05, 4.69) is 10.3 Å². The van der Waals surface area contributed by atoms with Crippen molar-refractivity contribution in [1.29, 1.82) is 0 Å². The maximum atomic E-state index is 12.8. The molecule has 0 spiro atoms. The molecule has 1 N–H and O–H groups in total. The summed E-state index contributed by atoms with van der Waals surface area (Å²) in [7, 11) is 0. The third-order valence-corrected chi connectivity index (χ3v) is 6.00. The van der Waals surface area contributed by atoms with Crippen LogP contribution in [0.2, 0.25) is 5.15 Å². The number of fused-ring (bicyclic) bond motifs is 1. The molecule has 1 saturated heterocycles. The summed E-state index contributed by atoms with van der Waals surface area (Å²) < 4.78 is 1.84. The van der Waals surface area contributed by atoms with Gasteiger partial charge in [-0.15, -0.1) is 0 Å². The summed E-state index contributed by atoms with van der Waals surface area (Å²) >= 11 is 6.53. The topological polar surface area (TPSA) is 83.8 Å². The third-order valence-electron chi connectivity index (χ3n) is 5.63. The van der Waals surface area contributed by atoms with Crippen molar-refractivity contribution in [3.8, 4) is 0 Å². The summed E-state index contributed by atoms with van der Waals surface area (Å²) in [6, 6.07) is 5.11. The molecule has 3 aliphatic rings. The fourth-order valence-electron chi connectivity index (χ4n) is 4.22. The molecule has 4 heterocycles. The standard InChI is InChI=1S/C20H17ClN4O3/c21-18-17(22-15-3-1-2-8-24(15)18)11-4-5-13-12(9-11)10-25(20(13)28)14-6-7-16(26)23-19(14)27/h1-5,8,11,14H,6-7,9-10H2,(H,23,26,27). The first-order chi connectivity index (χ1) is 13.5. The van der Waals surface area contributed by atoms with Crippen molar-refractivity contribution in [2.75, 3.05) is 6.54 Å². The molecule has 2 aliphatic heterocycles. The van der Waals surface area contributed by atoms with Crippen LogP contribution in [0.3, 0.4) is 0 Å². The van der Waals surface area contributed by atoms with Crippen molar-refractivity contribution in [3.05, 3.63) is 58.5 Å². The fraction of sp³-hybridized carbons (Fsp3) is 0.300. The molecule has 1 aliphatic carbocycles. The number of imidazole rings is 1. The van der Waals surface area contributed by atoms with Gasteiger partial charge in [-0.3, -0.25) is 24.1 Å². The molecule has 0 saturated carbocycles. The van der Waals surface area contributed by atoms with Gasteiger partial charge in [0.25, 0.3) is 5.91 Å². The van der Waals surface area contributed by atoms with Crippen LogP contribution < -0.4 is 5.32 Å². The van der Waals surface area contributed by atoms with Gasteiger partial charge in [0.1, 0.15) is 16.8 Å². The average Bonchev–Trinajstić information content (AvgIpc) is 3.19. The average molecular weight is 397 g/mol. The Balaban J connectivity index is 1.39. The lowest BCUT2D eigenvalue weighted by molar-refractivity contribution is -0.142. The number of pyridine rings is 1. The lowest BCUT2D eigenvalue weighted by atomic mass is 9.89. The van der Waals surface area contributed by atoms with Gasteiger partial charge in [-0.05, 0) is 30.5 Å². The first-order valence-electron chi connectivity index (χ1n) is 9.20. The normalized spacial score (nSPS) is 24.9. The molecule has 0 bridgehead atoms. The van der Waals surface area contributed by atoms with Crippen molar-refractivity contribution in [1.82, 2.24) is 19.6 Å². The number of hydrogen-bond donors (Lipinski definition) is 1. The zero-order chi connectivity index (χ0) is 19.4. The molecular formula is C20H17ClN4O3. The molecule has 28 heavy (non-hydrogen) atoms. The molecule has 0 aromatic carbocycles. The summed E-state index contributed by atoms with van der Waals surface area (Å²) in [5.74, 6) is -0.860. The van der Waals surface area contributed by atoms with E-state index in [1.165, 1.54) is 0 Å². The van der Waals surface area contributed by atoms with E-state index in [9.17, 15) is 14.4 Å². The van der Waals surface area contributed by atoms with Crippen molar-refractivity contribution >= 4 is 35.0 Å². The first kappa shape index (κ1) is 17.2. The van der Waals surface area contributed by atoms with Gasteiger partial charge in [-0.1, -0.05) is 29.8 Å². The number of hydrogen-bond acceptors (Lipinski definition) is 4. The van der Waals surface area contributed by atoms with Crippen LogP contribution in [0.15, 0.2) is 47.7 Å². The zero-order valence-electron chi connectivity index (χ0n) is 14.9. The van der Waals surface area contributed by atoms with Crippen LogP contribution in [0, 0.1) is 0 Å². The molecule has 2 unspecified atom stereocenters. The van der Waals surface area contributed by atoms with Crippen LogP contribution in [0.5, 0.6) is 0 Å². The quantitative estimate of drug-likeness (QED) is 0.787. The Kier molecular flexibility index (Phi) is 3.87. The molecule has 5 rings (SSSR count). The van der Waals surface area contributed by atoms with Gasteiger partial charge < -0.3 is 4.90 Å². The highest BCUT2D eigenvalue weighted by atomic mass is 35.5. The number of rotatable bonds is 2. The second-order valence-electron chi connectivity index (χ2n) is 7.30. The summed E-state index contributed by atoms with van der Waals surface area (Å²) in [4.78, 5) is 42.6. The van der Waals surface area contributed by atoms with Gasteiger partial charge in [-0.2, -0.15) is 0 Å². The first-order valence-corrected chi connectivity index (χ1v) is 9.58. The van der Waals surface area contributed by atoms with E-state index in [0.717, 1.165) is 16.9 Å². The van der Waals surface area contributed by atoms with Crippen LogP contribution >= 0.6 is 11.6 Å².